The molecule has 1 aliphatic carbocycles. The molecular formula is C28H23Cl2OTi. The molecule has 5 rings (SSSR count). The Morgan fingerprint density at radius 1 is 0.688 bits per heavy atom. The van der Waals surface area contributed by atoms with Crippen molar-refractivity contribution >= 4 is 16.3 Å². The van der Waals surface area contributed by atoms with Crippen LogP contribution in [-0.2, 0) is 21.7 Å². The molecule has 1 N–H and O–H groups in total. The predicted octanol–water partition coefficient (Wildman–Crippen LogP) is 0.757. The molecule has 0 aliphatic heterocycles. The van der Waals surface area contributed by atoms with Gasteiger partial charge in [-0.15, -0.1) is 40.8 Å². The fourth-order valence-electron chi connectivity index (χ4n) is 3.41. The van der Waals surface area contributed by atoms with Crippen molar-refractivity contribution in [2.45, 2.75) is 12.5 Å². The third kappa shape index (κ3) is 7.20. The van der Waals surface area contributed by atoms with E-state index in [1.807, 2.05) is 60.7 Å². The van der Waals surface area contributed by atoms with E-state index >= 15 is 0 Å². The van der Waals surface area contributed by atoms with Crippen LogP contribution in [0.3, 0.4) is 0 Å². The quantitative estimate of drug-likeness (QED) is 0.330. The molecule has 0 saturated carbocycles. The number of rotatable bonds is 3. The number of benzene rings is 4. The largest absolute Gasteiger partial charge is 3.00 e. The van der Waals surface area contributed by atoms with Gasteiger partial charge in [-0.1, -0.05) is 102 Å². The SMILES string of the molecule is OC(c1ccccc1)c1ccccc1.[Cl-].[Cl-].[Ti+3].[c-]1c(C2=CC=CC2)ccc2ccccc12. The van der Waals surface area contributed by atoms with Crippen LogP contribution in [-0.4, -0.2) is 5.11 Å². The number of fused-ring (bicyclic) bond motifs is 1. The minimum absolute atomic E-state index is 0. The molecule has 4 aromatic carbocycles. The Balaban J connectivity index is 0.000000293. The molecule has 0 amide bonds. The summed E-state index contributed by atoms with van der Waals surface area (Å²) in [6.45, 7) is 0. The molecule has 0 aromatic heterocycles. The van der Waals surface area contributed by atoms with Crippen LogP contribution in [0.1, 0.15) is 29.2 Å². The molecule has 4 heteroatoms. The van der Waals surface area contributed by atoms with Gasteiger partial charge in [0.25, 0.3) is 0 Å². The number of halogens is 2. The van der Waals surface area contributed by atoms with Crippen molar-refractivity contribution < 1.29 is 51.6 Å². The van der Waals surface area contributed by atoms with Crippen LogP contribution in [0, 0.1) is 6.07 Å². The maximum Gasteiger partial charge on any atom is 3.00 e. The van der Waals surface area contributed by atoms with Gasteiger partial charge in [-0.05, 0) is 17.5 Å². The van der Waals surface area contributed by atoms with Crippen LogP contribution >= 0.6 is 0 Å². The van der Waals surface area contributed by atoms with E-state index in [1.165, 1.54) is 21.9 Å². The molecule has 0 saturated heterocycles. The summed E-state index contributed by atoms with van der Waals surface area (Å²) in [4.78, 5) is 0. The monoisotopic (exact) mass is 493 g/mol. The van der Waals surface area contributed by atoms with Gasteiger partial charge in [-0.3, -0.25) is 0 Å². The van der Waals surface area contributed by atoms with Crippen LogP contribution in [0.15, 0.2) is 115 Å². The average Bonchev–Trinajstić information content (AvgIpc) is 3.35. The second-order valence-electron chi connectivity index (χ2n) is 7.01. The van der Waals surface area contributed by atoms with E-state index < -0.39 is 6.10 Å². The summed E-state index contributed by atoms with van der Waals surface area (Å²) in [6, 6.07) is 35.5. The first kappa shape index (κ1) is 27.9. The average molecular weight is 494 g/mol. The summed E-state index contributed by atoms with van der Waals surface area (Å²) in [6.07, 6.45) is 6.98. The van der Waals surface area contributed by atoms with E-state index in [4.69, 9.17) is 0 Å². The molecule has 0 fully saturated rings. The van der Waals surface area contributed by atoms with Crippen molar-refractivity contribution in [3.63, 3.8) is 0 Å². The van der Waals surface area contributed by atoms with Gasteiger partial charge in [-0.25, -0.2) is 0 Å². The number of aliphatic hydroxyl groups excluding tert-OH is 1. The second-order valence-corrected chi connectivity index (χ2v) is 7.01. The molecule has 4 aromatic rings. The van der Waals surface area contributed by atoms with Crippen molar-refractivity contribution in [3.8, 4) is 0 Å². The van der Waals surface area contributed by atoms with Crippen LogP contribution < -0.4 is 24.8 Å². The van der Waals surface area contributed by atoms with Gasteiger partial charge in [0.2, 0.25) is 0 Å². The Morgan fingerprint density at radius 2 is 1.25 bits per heavy atom. The Hall–Kier alpha value is -2.13. The zero-order valence-corrected chi connectivity index (χ0v) is 20.5. The van der Waals surface area contributed by atoms with Crippen molar-refractivity contribution in [3.05, 3.63) is 138 Å². The summed E-state index contributed by atoms with van der Waals surface area (Å²) in [5.41, 5.74) is 4.44. The molecule has 0 unspecified atom stereocenters. The molecule has 1 nitrogen and oxygen atoms in total. The summed E-state index contributed by atoms with van der Waals surface area (Å²) in [7, 11) is 0. The van der Waals surface area contributed by atoms with E-state index in [2.05, 4.69) is 60.7 Å². The van der Waals surface area contributed by atoms with Crippen LogP contribution in [0.4, 0.5) is 0 Å². The second kappa shape index (κ2) is 14.1. The molecule has 0 atom stereocenters. The first-order valence-corrected chi connectivity index (χ1v) is 9.86. The molecule has 1 radical (unpaired) electrons. The van der Waals surface area contributed by atoms with Gasteiger partial charge in [0.05, 0.1) is 0 Å². The summed E-state index contributed by atoms with van der Waals surface area (Å²) in [5.74, 6) is 0. The molecule has 0 bridgehead atoms. The van der Waals surface area contributed by atoms with E-state index in [0.29, 0.717) is 0 Å². The topological polar surface area (TPSA) is 20.2 Å². The maximum atomic E-state index is 9.99. The van der Waals surface area contributed by atoms with Crippen LogP contribution in [0.5, 0.6) is 0 Å². The summed E-state index contributed by atoms with van der Waals surface area (Å²) < 4.78 is 0. The molecule has 32 heavy (non-hydrogen) atoms. The summed E-state index contributed by atoms with van der Waals surface area (Å²) >= 11 is 0. The number of allylic oxidation sites excluding steroid dienone is 4. The smallest absolute Gasteiger partial charge is 1.00 e. The number of aliphatic hydroxyl groups is 1. The van der Waals surface area contributed by atoms with E-state index in [9.17, 15) is 5.11 Å². The zero-order chi connectivity index (χ0) is 19.9. The molecule has 1 aliphatic rings. The summed E-state index contributed by atoms with van der Waals surface area (Å²) in [5, 5.41) is 12.4. The fourth-order valence-corrected chi connectivity index (χ4v) is 3.41. The van der Waals surface area contributed by atoms with Gasteiger partial charge < -0.3 is 29.9 Å². The Kier molecular flexibility index (Phi) is 12.3. The molecule has 159 valence electrons. The van der Waals surface area contributed by atoms with E-state index in [1.54, 1.807) is 0 Å². The Morgan fingerprint density at radius 3 is 1.81 bits per heavy atom. The normalized spacial score (nSPS) is 11.4. The molecular weight excluding hydrogens is 471 g/mol. The minimum atomic E-state index is -0.516. The van der Waals surface area contributed by atoms with Crippen molar-refractivity contribution in [2.75, 3.05) is 0 Å². The third-order valence-electron chi connectivity index (χ3n) is 5.01. The molecule has 0 spiro atoms. The first-order chi connectivity index (χ1) is 14.3. The van der Waals surface area contributed by atoms with Gasteiger partial charge in [-0.2, -0.15) is 0 Å². The van der Waals surface area contributed by atoms with E-state index in [0.717, 1.165) is 17.5 Å². The van der Waals surface area contributed by atoms with Crippen LogP contribution in [0.25, 0.3) is 16.3 Å². The van der Waals surface area contributed by atoms with Crippen LogP contribution in [0.2, 0.25) is 0 Å². The van der Waals surface area contributed by atoms with Gasteiger partial charge in [0, 0.05) is 0 Å². The minimum Gasteiger partial charge on any atom is -1.00 e. The fraction of sp³-hybridized carbons (Fsp3) is 0.0714. The van der Waals surface area contributed by atoms with Crippen molar-refractivity contribution in [1.29, 1.82) is 0 Å². The maximum absolute atomic E-state index is 9.99. The van der Waals surface area contributed by atoms with Crippen molar-refractivity contribution in [2.24, 2.45) is 0 Å². The third-order valence-corrected chi connectivity index (χ3v) is 5.01. The number of hydrogen-bond acceptors (Lipinski definition) is 1. The zero-order valence-electron chi connectivity index (χ0n) is 17.5. The Labute approximate surface area is 217 Å². The molecule has 0 heterocycles. The first-order valence-electron chi connectivity index (χ1n) is 9.86. The van der Waals surface area contributed by atoms with Gasteiger partial charge >= 0.3 is 21.7 Å². The van der Waals surface area contributed by atoms with Gasteiger partial charge in [0.15, 0.2) is 0 Å². The Bertz CT molecular complexity index is 1100. The van der Waals surface area contributed by atoms with Crippen molar-refractivity contribution in [1.82, 2.24) is 0 Å². The number of hydrogen-bond donors (Lipinski definition) is 1. The standard InChI is InChI=1S/C15H11.C13H12O.2ClH.Ti/c1-2-6-12(5-1)15-10-9-13-7-3-4-8-14(13)11-15;14-13(11-7-3-1-4-8-11)12-9-5-2-6-10-12;;;/h1-5,7-10H,6H2;1-10,13-14H;2*1H;/q-1;;;;+3/p-2. The van der Waals surface area contributed by atoms with E-state index in [-0.39, 0.29) is 46.5 Å². The predicted molar refractivity (Wildman–Crippen MR) is 121 cm³/mol. The van der Waals surface area contributed by atoms with Gasteiger partial charge in [0.1, 0.15) is 6.10 Å².